The van der Waals surface area contributed by atoms with Crippen LogP contribution in [0.25, 0.3) is 0 Å². The standard InChI is InChI=1S/C9H17ClN2O/c1-9(2,8(11)13)7-12-6-4-3-5-10/h3-4,12H,5-7H2,1-2H3,(H2,11,13)/b4-3+. The van der Waals surface area contributed by atoms with Gasteiger partial charge in [-0.15, -0.1) is 11.6 Å². The normalized spacial score (nSPS) is 12.2. The van der Waals surface area contributed by atoms with Gasteiger partial charge in [0.15, 0.2) is 0 Å². The van der Waals surface area contributed by atoms with E-state index in [9.17, 15) is 4.79 Å². The van der Waals surface area contributed by atoms with Crippen molar-refractivity contribution in [3.8, 4) is 0 Å². The minimum Gasteiger partial charge on any atom is -0.369 e. The van der Waals surface area contributed by atoms with Crippen LogP contribution in [0.1, 0.15) is 13.8 Å². The van der Waals surface area contributed by atoms with Crippen molar-refractivity contribution in [2.45, 2.75) is 13.8 Å². The number of primary amides is 1. The molecule has 0 aromatic carbocycles. The molecule has 13 heavy (non-hydrogen) atoms. The first-order chi connectivity index (χ1) is 6.00. The molecule has 0 saturated heterocycles. The van der Waals surface area contributed by atoms with E-state index in [4.69, 9.17) is 17.3 Å². The number of carbonyl (C=O) groups excluding carboxylic acids is 1. The molecule has 0 fully saturated rings. The summed E-state index contributed by atoms with van der Waals surface area (Å²) in [5.41, 5.74) is 4.70. The lowest BCUT2D eigenvalue weighted by Gasteiger charge is -2.20. The first-order valence-corrected chi connectivity index (χ1v) is 4.76. The molecule has 0 aromatic heterocycles. The lowest BCUT2D eigenvalue weighted by atomic mass is 9.93. The molecule has 4 heteroatoms. The van der Waals surface area contributed by atoms with Crippen molar-refractivity contribution in [3.05, 3.63) is 12.2 Å². The van der Waals surface area contributed by atoms with Gasteiger partial charge in [-0.1, -0.05) is 12.2 Å². The highest BCUT2D eigenvalue weighted by molar-refractivity contribution is 6.18. The zero-order chi connectivity index (χ0) is 10.3. The third-order valence-electron chi connectivity index (χ3n) is 1.75. The SMILES string of the molecule is CC(C)(CNC/C=C/CCl)C(N)=O. The van der Waals surface area contributed by atoms with Crippen molar-refractivity contribution in [2.24, 2.45) is 11.1 Å². The molecule has 0 saturated carbocycles. The van der Waals surface area contributed by atoms with E-state index < -0.39 is 5.41 Å². The molecule has 0 bridgehead atoms. The molecule has 0 unspecified atom stereocenters. The zero-order valence-corrected chi connectivity index (χ0v) is 8.90. The van der Waals surface area contributed by atoms with Crippen molar-refractivity contribution in [3.63, 3.8) is 0 Å². The quantitative estimate of drug-likeness (QED) is 0.384. The summed E-state index contributed by atoms with van der Waals surface area (Å²) in [7, 11) is 0. The van der Waals surface area contributed by atoms with Crippen LogP contribution >= 0.6 is 11.6 Å². The van der Waals surface area contributed by atoms with Crippen LogP contribution in [-0.4, -0.2) is 24.9 Å². The Bertz CT molecular complexity index is 190. The molecule has 0 aliphatic carbocycles. The van der Waals surface area contributed by atoms with E-state index in [0.29, 0.717) is 19.0 Å². The van der Waals surface area contributed by atoms with Gasteiger partial charge >= 0.3 is 0 Å². The maximum absolute atomic E-state index is 10.9. The van der Waals surface area contributed by atoms with Crippen molar-refractivity contribution < 1.29 is 4.79 Å². The molecule has 0 rings (SSSR count). The summed E-state index contributed by atoms with van der Waals surface area (Å²) in [6, 6.07) is 0. The van der Waals surface area contributed by atoms with Crippen LogP contribution in [0.2, 0.25) is 0 Å². The molecule has 0 radical (unpaired) electrons. The Morgan fingerprint density at radius 2 is 2.15 bits per heavy atom. The van der Waals surface area contributed by atoms with E-state index in [2.05, 4.69) is 5.32 Å². The molecule has 3 nitrogen and oxygen atoms in total. The molecule has 0 spiro atoms. The monoisotopic (exact) mass is 204 g/mol. The molecule has 0 aliphatic heterocycles. The summed E-state index contributed by atoms with van der Waals surface area (Å²) in [6.45, 7) is 4.92. The Morgan fingerprint density at radius 1 is 1.54 bits per heavy atom. The van der Waals surface area contributed by atoms with Gasteiger partial charge in [0.25, 0.3) is 0 Å². The molecular formula is C9H17ClN2O. The van der Waals surface area contributed by atoms with Crippen LogP contribution in [0.15, 0.2) is 12.2 Å². The minimum atomic E-state index is -0.491. The number of hydrogen-bond acceptors (Lipinski definition) is 2. The second kappa shape index (κ2) is 6.00. The minimum absolute atomic E-state index is 0.290. The van der Waals surface area contributed by atoms with Crippen LogP contribution in [-0.2, 0) is 4.79 Å². The lowest BCUT2D eigenvalue weighted by Crippen LogP contribution is -2.40. The predicted molar refractivity (Wildman–Crippen MR) is 55.7 cm³/mol. The third kappa shape index (κ3) is 5.66. The van der Waals surface area contributed by atoms with Crippen molar-refractivity contribution in [2.75, 3.05) is 19.0 Å². The summed E-state index contributed by atoms with van der Waals surface area (Å²) in [6.07, 6.45) is 3.77. The Labute approximate surface area is 84.3 Å². The van der Waals surface area contributed by atoms with Crippen molar-refractivity contribution >= 4 is 17.5 Å². The maximum atomic E-state index is 10.9. The molecule has 3 N–H and O–H groups in total. The number of carbonyl (C=O) groups is 1. The van der Waals surface area contributed by atoms with E-state index in [0.717, 1.165) is 0 Å². The number of allylic oxidation sites excluding steroid dienone is 1. The van der Waals surface area contributed by atoms with Crippen molar-refractivity contribution in [1.82, 2.24) is 5.32 Å². The average Bonchev–Trinajstić information content (AvgIpc) is 2.03. The number of rotatable bonds is 6. The van der Waals surface area contributed by atoms with Gasteiger partial charge in [-0.25, -0.2) is 0 Å². The van der Waals surface area contributed by atoms with Gasteiger partial charge in [0.1, 0.15) is 0 Å². The van der Waals surface area contributed by atoms with Gasteiger partial charge in [-0.2, -0.15) is 0 Å². The number of alkyl halides is 1. The first-order valence-electron chi connectivity index (χ1n) is 4.22. The third-order valence-corrected chi connectivity index (χ3v) is 1.93. The fourth-order valence-corrected chi connectivity index (χ4v) is 0.827. The smallest absolute Gasteiger partial charge is 0.224 e. The Morgan fingerprint density at radius 3 is 2.62 bits per heavy atom. The highest BCUT2D eigenvalue weighted by atomic mass is 35.5. The van der Waals surface area contributed by atoms with E-state index >= 15 is 0 Å². The van der Waals surface area contributed by atoms with E-state index in [-0.39, 0.29) is 5.91 Å². The Hall–Kier alpha value is -0.540. The average molecular weight is 205 g/mol. The van der Waals surface area contributed by atoms with Gasteiger partial charge in [-0.3, -0.25) is 4.79 Å². The number of halogens is 1. The lowest BCUT2D eigenvalue weighted by molar-refractivity contribution is -0.125. The van der Waals surface area contributed by atoms with E-state index in [1.54, 1.807) is 0 Å². The van der Waals surface area contributed by atoms with Crippen LogP contribution < -0.4 is 11.1 Å². The molecule has 0 aromatic rings. The second-order valence-electron chi connectivity index (χ2n) is 3.50. The van der Waals surface area contributed by atoms with Gasteiger partial charge in [0.05, 0.1) is 5.41 Å². The Balaban J connectivity index is 3.64. The number of hydrogen-bond donors (Lipinski definition) is 2. The fourth-order valence-electron chi connectivity index (χ4n) is 0.701. The van der Waals surface area contributed by atoms with Gasteiger partial charge < -0.3 is 11.1 Å². The highest BCUT2D eigenvalue weighted by Gasteiger charge is 2.23. The number of amides is 1. The molecule has 1 amide bonds. The van der Waals surface area contributed by atoms with Crippen LogP contribution in [0, 0.1) is 5.41 Å². The summed E-state index contributed by atoms with van der Waals surface area (Å²) in [5, 5.41) is 3.10. The Kier molecular flexibility index (Phi) is 5.75. The molecule has 0 atom stereocenters. The number of nitrogens with one attached hydrogen (secondary N) is 1. The molecular weight excluding hydrogens is 188 g/mol. The predicted octanol–water partition coefficient (Wildman–Crippen LogP) is 0.883. The first kappa shape index (κ1) is 12.5. The van der Waals surface area contributed by atoms with Crippen LogP contribution in [0.5, 0.6) is 0 Å². The topological polar surface area (TPSA) is 55.1 Å². The maximum Gasteiger partial charge on any atom is 0.224 e. The molecule has 0 heterocycles. The van der Waals surface area contributed by atoms with Crippen molar-refractivity contribution in [1.29, 1.82) is 0 Å². The molecule has 0 aliphatic rings. The second-order valence-corrected chi connectivity index (χ2v) is 3.81. The summed E-state index contributed by atoms with van der Waals surface area (Å²) >= 11 is 5.43. The van der Waals surface area contributed by atoms with Crippen LogP contribution in [0.3, 0.4) is 0 Å². The summed E-state index contributed by atoms with van der Waals surface area (Å²) in [5.74, 6) is 0.224. The zero-order valence-electron chi connectivity index (χ0n) is 8.14. The van der Waals surface area contributed by atoms with Gasteiger partial charge in [-0.05, 0) is 13.8 Å². The summed E-state index contributed by atoms with van der Waals surface area (Å²) in [4.78, 5) is 10.9. The van der Waals surface area contributed by atoms with Crippen LogP contribution in [0.4, 0.5) is 0 Å². The number of nitrogens with two attached hydrogens (primary N) is 1. The largest absolute Gasteiger partial charge is 0.369 e. The fraction of sp³-hybridized carbons (Fsp3) is 0.667. The van der Waals surface area contributed by atoms with E-state index in [1.165, 1.54) is 0 Å². The van der Waals surface area contributed by atoms with E-state index in [1.807, 2.05) is 26.0 Å². The van der Waals surface area contributed by atoms with Gasteiger partial charge in [0.2, 0.25) is 5.91 Å². The van der Waals surface area contributed by atoms with Gasteiger partial charge in [0, 0.05) is 19.0 Å². The highest BCUT2D eigenvalue weighted by Crippen LogP contribution is 2.11. The summed E-state index contributed by atoms with van der Waals surface area (Å²) < 4.78 is 0. The molecule has 76 valence electrons.